The third-order valence-electron chi connectivity index (χ3n) is 13.0. The molecule has 3 unspecified atom stereocenters. The van der Waals surface area contributed by atoms with Gasteiger partial charge in [0.05, 0.1) is 39.9 Å². The van der Waals surface area contributed by atoms with E-state index in [1.807, 2.05) is 27.2 Å². The second kappa shape index (κ2) is 51.1. The average Bonchev–Trinajstić information content (AvgIpc) is 3.31. The summed E-state index contributed by atoms with van der Waals surface area (Å²) in [6, 6.07) is -0.867. The fraction of sp³-hybridized carbons (Fsp3) is 0.817. The topological polar surface area (TPSA) is 105 Å². The van der Waals surface area contributed by atoms with Crippen LogP contribution < -0.4 is 5.32 Å². The highest BCUT2D eigenvalue weighted by Gasteiger charge is 2.27. The van der Waals surface area contributed by atoms with Crippen LogP contribution in [-0.4, -0.2) is 73.4 Å². The van der Waals surface area contributed by atoms with Gasteiger partial charge < -0.3 is 19.8 Å². The lowest BCUT2D eigenvalue weighted by atomic mass is 10.0. The van der Waals surface area contributed by atoms with Crippen LogP contribution in [-0.2, 0) is 18.4 Å². The van der Waals surface area contributed by atoms with Gasteiger partial charge in [-0.1, -0.05) is 248 Å². The molecule has 0 heterocycles. The number of unbranched alkanes of at least 4 members (excludes halogenated alkanes) is 32. The molecule has 0 spiro atoms. The predicted molar refractivity (Wildman–Crippen MR) is 300 cm³/mol. The fourth-order valence-corrected chi connectivity index (χ4v) is 9.10. The molecule has 404 valence electrons. The first-order valence-corrected chi connectivity index (χ1v) is 30.7. The molecule has 0 fully saturated rings. The lowest BCUT2D eigenvalue weighted by Gasteiger charge is -2.25. The minimum atomic E-state index is -4.36. The molecule has 0 saturated carbocycles. The Morgan fingerprint density at radius 3 is 1.26 bits per heavy atom. The highest BCUT2D eigenvalue weighted by molar-refractivity contribution is 7.47. The van der Waals surface area contributed by atoms with Crippen molar-refractivity contribution in [3.63, 3.8) is 0 Å². The van der Waals surface area contributed by atoms with Crippen molar-refractivity contribution in [1.29, 1.82) is 0 Å². The van der Waals surface area contributed by atoms with Crippen LogP contribution in [0.2, 0.25) is 0 Å². The van der Waals surface area contributed by atoms with Crippen LogP contribution in [0.25, 0.3) is 0 Å². The SMILES string of the molecule is CCCCCCC/C=C\C/C=C\C/C=C\CCCCCCCCCCCCCCC(=O)NC(COP(=O)(O)OCC[N+](C)(C)C)C(O)/C=C/CC/C=C/CCCCCCCCCCCCCCCC. The number of rotatable bonds is 53. The molecule has 9 heteroatoms. The molecule has 8 nitrogen and oxygen atoms in total. The third kappa shape index (κ3) is 53.8. The second-order valence-electron chi connectivity index (χ2n) is 21.0. The van der Waals surface area contributed by atoms with Crippen LogP contribution in [0, 0.1) is 0 Å². The molecule has 0 saturated heterocycles. The largest absolute Gasteiger partial charge is 0.472 e. The normalized spacial score (nSPS) is 14.4. The summed E-state index contributed by atoms with van der Waals surface area (Å²) < 4.78 is 23.7. The number of likely N-dealkylation sites (N-methyl/N-ethyl adjacent to an activating group) is 1. The number of quaternary nitrogens is 1. The number of hydrogen-bond acceptors (Lipinski definition) is 5. The van der Waals surface area contributed by atoms with Gasteiger partial charge in [0, 0.05) is 6.42 Å². The van der Waals surface area contributed by atoms with Gasteiger partial charge in [-0.05, 0) is 70.6 Å². The van der Waals surface area contributed by atoms with E-state index >= 15 is 0 Å². The molecule has 0 rings (SSSR count). The van der Waals surface area contributed by atoms with Gasteiger partial charge in [0.15, 0.2) is 0 Å². The molecule has 0 aromatic heterocycles. The Hall–Kier alpha value is -1.80. The number of aliphatic hydroxyl groups is 1. The van der Waals surface area contributed by atoms with E-state index in [9.17, 15) is 19.4 Å². The van der Waals surface area contributed by atoms with Gasteiger partial charge in [0.2, 0.25) is 5.91 Å². The lowest BCUT2D eigenvalue weighted by Crippen LogP contribution is -2.45. The van der Waals surface area contributed by atoms with Gasteiger partial charge >= 0.3 is 7.82 Å². The number of nitrogens with zero attached hydrogens (tertiary/aromatic N) is 1. The highest BCUT2D eigenvalue weighted by atomic mass is 31.2. The summed E-state index contributed by atoms with van der Waals surface area (Å²) in [6.45, 7) is 4.80. The number of phosphoric ester groups is 1. The van der Waals surface area contributed by atoms with Crippen molar-refractivity contribution in [3.8, 4) is 0 Å². The van der Waals surface area contributed by atoms with Crippen molar-refractivity contribution in [2.45, 2.75) is 276 Å². The molecule has 3 atom stereocenters. The predicted octanol–water partition coefficient (Wildman–Crippen LogP) is 17.7. The molecule has 0 bridgehead atoms. The maximum atomic E-state index is 13.0. The molecular weight excluding hydrogens is 876 g/mol. The Labute approximate surface area is 428 Å². The Kier molecular flexibility index (Phi) is 49.8. The summed E-state index contributed by atoms with van der Waals surface area (Å²) >= 11 is 0. The standard InChI is InChI=1S/C60H113N2O6P/c1-6-8-10-12-14-16-18-20-22-24-26-28-29-30-31-32-33-34-36-38-40-42-44-46-48-50-52-54-60(64)61-58(57-68-69(65,66)67-56-55-62(3,4)5)59(63)53-51-49-47-45-43-41-39-37-35-27-25-23-21-19-17-15-13-11-9-7-2/h18,20,24,26,29-30,43,45,51,53,58-59,63H,6-17,19,21-23,25,27-28,31-42,44,46-50,52,54-57H2,1-5H3,(H-,61,64,65,66)/p+1/b20-18-,26-24-,30-29-,45-43+,53-51+. The monoisotopic (exact) mass is 990 g/mol. The van der Waals surface area contributed by atoms with Gasteiger partial charge in [-0.3, -0.25) is 13.8 Å². The smallest absolute Gasteiger partial charge is 0.387 e. The first-order chi connectivity index (χ1) is 33.5. The van der Waals surface area contributed by atoms with Gasteiger partial charge in [-0.25, -0.2) is 4.57 Å². The van der Waals surface area contributed by atoms with Crippen LogP contribution in [0.1, 0.15) is 264 Å². The van der Waals surface area contributed by atoms with E-state index in [0.717, 1.165) is 51.4 Å². The Bertz CT molecular complexity index is 1310. The third-order valence-corrected chi connectivity index (χ3v) is 13.9. The minimum absolute atomic E-state index is 0.0545. The van der Waals surface area contributed by atoms with Crippen molar-refractivity contribution in [3.05, 3.63) is 60.8 Å². The van der Waals surface area contributed by atoms with Gasteiger partial charge in [0.25, 0.3) is 0 Å². The first kappa shape index (κ1) is 67.2. The summed E-state index contributed by atoms with van der Waals surface area (Å²) in [6.07, 6.45) is 68.9. The summed E-state index contributed by atoms with van der Waals surface area (Å²) in [5.41, 5.74) is 0. The van der Waals surface area contributed by atoms with Crippen molar-refractivity contribution in [1.82, 2.24) is 5.32 Å². The van der Waals surface area contributed by atoms with E-state index in [1.54, 1.807) is 6.08 Å². The Balaban J connectivity index is 4.24. The molecule has 0 aliphatic heterocycles. The molecule has 1 amide bonds. The molecule has 0 aromatic rings. The van der Waals surface area contributed by atoms with E-state index in [0.29, 0.717) is 17.4 Å². The van der Waals surface area contributed by atoms with E-state index in [1.165, 1.54) is 193 Å². The van der Waals surface area contributed by atoms with Crippen LogP contribution in [0.15, 0.2) is 60.8 Å². The summed E-state index contributed by atoms with van der Waals surface area (Å²) in [5.74, 6) is -0.188. The van der Waals surface area contributed by atoms with E-state index in [-0.39, 0.29) is 19.1 Å². The number of phosphoric acid groups is 1. The summed E-state index contributed by atoms with van der Waals surface area (Å²) in [4.78, 5) is 23.3. The second-order valence-corrected chi connectivity index (χ2v) is 22.5. The van der Waals surface area contributed by atoms with Gasteiger partial charge in [-0.2, -0.15) is 0 Å². The number of carbonyl (C=O) groups is 1. The van der Waals surface area contributed by atoms with Crippen molar-refractivity contribution >= 4 is 13.7 Å². The quantitative estimate of drug-likeness (QED) is 0.0243. The van der Waals surface area contributed by atoms with Gasteiger partial charge in [-0.15, -0.1) is 0 Å². The van der Waals surface area contributed by atoms with E-state index in [4.69, 9.17) is 9.05 Å². The van der Waals surface area contributed by atoms with Crippen LogP contribution in [0.4, 0.5) is 0 Å². The van der Waals surface area contributed by atoms with Crippen molar-refractivity contribution < 1.29 is 32.9 Å². The summed E-state index contributed by atoms with van der Waals surface area (Å²) in [7, 11) is 1.55. The zero-order chi connectivity index (χ0) is 50.6. The number of nitrogens with one attached hydrogen (secondary N) is 1. The minimum Gasteiger partial charge on any atom is -0.387 e. The molecule has 3 N–H and O–H groups in total. The first-order valence-electron chi connectivity index (χ1n) is 29.2. The maximum absolute atomic E-state index is 13.0. The number of aliphatic hydroxyl groups excluding tert-OH is 1. The Morgan fingerprint density at radius 2 is 0.841 bits per heavy atom. The molecule has 69 heavy (non-hydrogen) atoms. The Morgan fingerprint density at radius 1 is 0.493 bits per heavy atom. The molecule has 0 aliphatic rings. The zero-order valence-corrected chi connectivity index (χ0v) is 46.9. The van der Waals surface area contributed by atoms with Crippen molar-refractivity contribution in [2.75, 3.05) is 40.9 Å². The molecular formula is C60H114N2O6P+. The number of allylic oxidation sites excluding steroid dienone is 9. The molecule has 0 aliphatic carbocycles. The molecule has 0 radical (unpaired) electrons. The number of amides is 1. The maximum Gasteiger partial charge on any atom is 0.472 e. The number of carbonyl (C=O) groups excluding carboxylic acids is 1. The summed E-state index contributed by atoms with van der Waals surface area (Å²) in [5, 5.41) is 13.9. The highest BCUT2D eigenvalue weighted by Crippen LogP contribution is 2.43. The molecule has 0 aromatic carbocycles. The van der Waals surface area contributed by atoms with E-state index < -0.39 is 20.0 Å². The van der Waals surface area contributed by atoms with E-state index in [2.05, 4.69) is 67.8 Å². The lowest BCUT2D eigenvalue weighted by molar-refractivity contribution is -0.870. The van der Waals surface area contributed by atoms with Crippen LogP contribution in [0.5, 0.6) is 0 Å². The number of hydrogen-bond donors (Lipinski definition) is 3. The van der Waals surface area contributed by atoms with Crippen LogP contribution in [0.3, 0.4) is 0 Å². The average molecular weight is 991 g/mol. The van der Waals surface area contributed by atoms with Crippen LogP contribution >= 0.6 is 7.82 Å². The van der Waals surface area contributed by atoms with Crippen molar-refractivity contribution in [2.24, 2.45) is 0 Å². The zero-order valence-electron chi connectivity index (χ0n) is 46.0. The fourth-order valence-electron chi connectivity index (χ4n) is 8.36. The van der Waals surface area contributed by atoms with Gasteiger partial charge in [0.1, 0.15) is 13.2 Å².